The fourth-order valence-electron chi connectivity index (χ4n) is 0. The summed E-state index contributed by atoms with van der Waals surface area (Å²) in [5.41, 5.74) is 0. The molecule has 0 N–H and O–H groups in total. The first-order chi connectivity index (χ1) is 1.91. The number of rotatable bonds is 1. The molecule has 0 aliphatic heterocycles. The van der Waals surface area contributed by atoms with Crippen LogP contribution in [0.5, 0.6) is 0 Å². The Kier molecular flexibility index (Phi) is 18.0. The van der Waals surface area contributed by atoms with Crippen molar-refractivity contribution in [2.24, 2.45) is 0 Å². The van der Waals surface area contributed by atoms with Gasteiger partial charge in [0.05, 0.1) is 0 Å². The molecule has 0 aromatic rings. The summed E-state index contributed by atoms with van der Waals surface area (Å²) in [5.74, 6) is 0. The molecule has 0 amide bonds. The van der Waals surface area contributed by atoms with Crippen LogP contribution < -0.4 is 0 Å². The van der Waals surface area contributed by atoms with Gasteiger partial charge in [-0.3, -0.25) is 4.79 Å². The van der Waals surface area contributed by atoms with Crippen LogP contribution in [0.25, 0.3) is 0 Å². The Morgan fingerprint density at radius 1 is 1.80 bits per heavy atom. The molecule has 0 unspecified atom stereocenters. The molecule has 0 aliphatic rings. The molecule has 0 heterocycles. The molecule has 0 saturated heterocycles. The molecule has 0 saturated carbocycles. The molecule has 0 bridgehead atoms. The second-order valence-corrected chi connectivity index (χ2v) is 0.803. The van der Waals surface area contributed by atoms with E-state index in [1.807, 2.05) is 0 Å². The predicted octanol–water partition coefficient (Wildman–Crippen LogP) is -1.94. The third-order valence-corrected chi connectivity index (χ3v) is 0.289. The van der Waals surface area contributed by atoms with Gasteiger partial charge in [0, 0.05) is 0 Å². The first-order valence-corrected chi connectivity index (χ1v) is 1.70. The van der Waals surface area contributed by atoms with E-state index < -0.39 is 0 Å². The Morgan fingerprint density at radius 3 is 2.00 bits per heavy atom. The van der Waals surface area contributed by atoms with Gasteiger partial charge < -0.3 is 3.79 Å². The Morgan fingerprint density at radius 2 is 2.00 bits per heavy atom. The maximum absolute atomic E-state index is 8.99. The van der Waals surface area contributed by atoms with Crippen LogP contribution in [0.4, 0.5) is 0 Å². The van der Waals surface area contributed by atoms with E-state index in [0.29, 0.717) is 23.1 Å². The summed E-state index contributed by atoms with van der Waals surface area (Å²) < 4.78 is 4.00. The zero-order valence-electron chi connectivity index (χ0n) is 2.39. The summed E-state index contributed by atoms with van der Waals surface area (Å²) >= 11 is 0.522. The van der Waals surface area contributed by atoms with Crippen LogP contribution in [0, 0.1) is 0 Å². The maximum atomic E-state index is 8.99. The molecule has 0 radical (unpaired) electrons. The van der Waals surface area contributed by atoms with Crippen LogP contribution >= 0.6 is 0 Å². The minimum atomic E-state index is 0. The summed E-state index contributed by atoms with van der Waals surface area (Å²) in [6.07, 6.45) is 0. The summed E-state index contributed by atoms with van der Waals surface area (Å²) in [7, 11) is 0. The zero-order chi connectivity index (χ0) is 3.41. The number of hydrogen-bond donors (Lipinski definition) is 0. The van der Waals surface area contributed by atoms with E-state index in [1.54, 1.807) is 0 Å². The van der Waals surface area contributed by atoms with Crippen molar-refractivity contribution in [1.29, 1.82) is 0 Å². The summed E-state index contributed by atoms with van der Waals surface area (Å²) in [6.45, 7) is 0.437. The predicted molar refractivity (Wildman–Crippen MR) is 22.8 cm³/mol. The van der Waals surface area contributed by atoms with Gasteiger partial charge in [-0.05, 0) is 0 Å². The Balaban J connectivity index is 0. The zero-order valence-corrected chi connectivity index (χ0v) is 4.39. The van der Waals surface area contributed by atoms with E-state index in [1.165, 1.54) is 0 Å². The van der Waals surface area contributed by atoms with Crippen LogP contribution in [0.2, 0.25) is 0 Å². The van der Waals surface area contributed by atoms with Crippen LogP contribution in [-0.4, -0.2) is 74.5 Å². The van der Waals surface area contributed by atoms with Gasteiger partial charge in [-0.15, -0.1) is 0 Å². The minimum absolute atomic E-state index is 0. The topological polar surface area (TPSA) is 26.3 Å². The van der Waals surface area contributed by atoms with Gasteiger partial charge in [0.2, 0.25) is 0 Å². The third-order valence-electron chi connectivity index (χ3n) is 0.0962. The van der Waals surface area contributed by atoms with Crippen LogP contribution in [0.3, 0.4) is 0 Å². The summed E-state index contributed by atoms with van der Waals surface area (Å²) in [5, 5.41) is 0. The molecule has 4 heteroatoms. The van der Waals surface area contributed by atoms with Crippen molar-refractivity contribution in [2.75, 3.05) is 0 Å². The summed E-state index contributed by atoms with van der Waals surface area (Å²) in [4.78, 5) is 8.99. The van der Waals surface area contributed by atoms with Crippen LogP contribution in [-0.2, 0) is 8.58 Å². The van der Waals surface area contributed by atoms with Gasteiger partial charge in [0.25, 0.3) is 6.47 Å². The Bertz CT molecular complexity index is 23.6. The first kappa shape index (κ1) is 9.81. The van der Waals surface area contributed by atoms with E-state index >= 15 is 0 Å². The molecule has 0 aromatic heterocycles. The number of carbonyl (C=O) groups is 1. The molecular weight excluding hydrogens is 110 g/mol. The molecule has 0 fully saturated rings. The molecule has 0 rings (SSSR count). The SMILES string of the molecule is O=C[O][AlH2].[KH]. The average molecular weight is 114 g/mol. The van der Waals surface area contributed by atoms with Crippen molar-refractivity contribution < 1.29 is 8.58 Å². The Hall–Kier alpha value is 1.64. The summed E-state index contributed by atoms with van der Waals surface area (Å²) in [6, 6.07) is 0. The van der Waals surface area contributed by atoms with E-state index in [4.69, 9.17) is 4.79 Å². The van der Waals surface area contributed by atoms with Crippen molar-refractivity contribution >= 4 is 74.5 Å². The van der Waals surface area contributed by atoms with Gasteiger partial charge >= 0.3 is 68.0 Å². The average Bonchev–Trinajstić information content (AvgIpc) is 1.37. The fourth-order valence-corrected chi connectivity index (χ4v) is 0. The van der Waals surface area contributed by atoms with Crippen LogP contribution in [0.15, 0.2) is 0 Å². The molecule has 0 aliphatic carbocycles. The van der Waals surface area contributed by atoms with Gasteiger partial charge in [0.15, 0.2) is 0 Å². The number of carbonyl (C=O) groups excluding carboxylic acids is 1. The second-order valence-electron chi connectivity index (χ2n) is 0.332. The van der Waals surface area contributed by atoms with Crippen LogP contribution in [0.1, 0.15) is 0 Å². The molecule has 2 nitrogen and oxygen atoms in total. The standard InChI is InChI=1S/CH2O2.Al.K.3H/c2-1-3;;;;;/h1H,(H,2,3);;;;;/q;+1;;;;/p-1. The van der Waals surface area contributed by atoms with Gasteiger partial charge in [-0.25, -0.2) is 0 Å². The fraction of sp³-hybridized carbons (Fsp3) is 0. The molecular formula is CH4AlKO2. The molecule has 24 valence electrons. The second kappa shape index (κ2) is 9.16. The van der Waals surface area contributed by atoms with Crippen molar-refractivity contribution in [1.82, 2.24) is 0 Å². The van der Waals surface area contributed by atoms with Crippen molar-refractivity contribution in [3.05, 3.63) is 0 Å². The van der Waals surface area contributed by atoms with E-state index in [0.717, 1.165) is 0 Å². The Labute approximate surface area is 81.4 Å². The van der Waals surface area contributed by atoms with Gasteiger partial charge in [-0.1, -0.05) is 0 Å². The number of hydrogen-bond acceptors (Lipinski definition) is 2. The van der Waals surface area contributed by atoms with Crippen molar-refractivity contribution in [3.63, 3.8) is 0 Å². The van der Waals surface area contributed by atoms with Crippen molar-refractivity contribution in [3.8, 4) is 0 Å². The third kappa shape index (κ3) is 10.7. The molecule has 5 heavy (non-hydrogen) atoms. The first-order valence-electron chi connectivity index (χ1n) is 0.880. The molecule has 0 spiro atoms. The van der Waals surface area contributed by atoms with Crippen molar-refractivity contribution in [2.45, 2.75) is 0 Å². The van der Waals surface area contributed by atoms with Gasteiger partial charge in [-0.2, -0.15) is 0 Å². The van der Waals surface area contributed by atoms with E-state index in [9.17, 15) is 0 Å². The monoisotopic (exact) mass is 114 g/mol. The molecule has 0 aromatic carbocycles. The normalized spacial score (nSPS) is 4.00. The van der Waals surface area contributed by atoms with E-state index in [2.05, 4.69) is 3.79 Å². The van der Waals surface area contributed by atoms with E-state index in [-0.39, 0.29) is 51.4 Å². The molecule has 0 atom stereocenters. The quantitative estimate of drug-likeness (QED) is 0.293. The van der Waals surface area contributed by atoms with Gasteiger partial charge in [0.1, 0.15) is 0 Å².